The summed E-state index contributed by atoms with van der Waals surface area (Å²) in [5, 5.41) is 0. The molecule has 0 aliphatic rings. The van der Waals surface area contributed by atoms with Crippen molar-refractivity contribution in [1.29, 1.82) is 0 Å². The van der Waals surface area contributed by atoms with Gasteiger partial charge in [-0.05, 0) is 72.8 Å². The van der Waals surface area contributed by atoms with E-state index in [1.807, 2.05) is 48.5 Å². The van der Waals surface area contributed by atoms with Crippen LogP contribution in [0.2, 0.25) is 0 Å². The van der Waals surface area contributed by atoms with E-state index in [0.29, 0.717) is 11.4 Å². The molecule has 0 radical (unpaired) electrons. The Kier molecular flexibility index (Phi) is 5.95. The SMILES string of the molecule is Fc1ccc(-c2nc3ccccc3nc2-c2ccc(F)cc2)cc1.c1ccc2nccnc2c1. The summed E-state index contributed by atoms with van der Waals surface area (Å²) in [6, 6.07) is 27.6. The molecule has 34 heavy (non-hydrogen) atoms. The minimum Gasteiger partial charge on any atom is -0.253 e. The van der Waals surface area contributed by atoms with Crippen molar-refractivity contribution in [2.75, 3.05) is 0 Å². The predicted molar refractivity (Wildman–Crippen MR) is 130 cm³/mol. The van der Waals surface area contributed by atoms with Crippen molar-refractivity contribution in [3.8, 4) is 22.5 Å². The molecule has 4 aromatic carbocycles. The largest absolute Gasteiger partial charge is 0.253 e. The number of fused-ring (bicyclic) bond motifs is 2. The second-order valence-corrected chi connectivity index (χ2v) is 7.47. The van der Waals surface area contributed by atoms with Crippen molar-refractivity contribution in [3.05, 3.63) is 121 Å². The molecule has 6 rings (SSSR count). The second-order valence-electron chi connectivity index (χ2n) is 7.47. The highest BCUT2D eigenvalue weighted by Crippen LogP contribution is 2.31. The summed E-state index contributed by atoms with van der Waals surface area (Å²) in [5.74, 6) is -0.619. The third kappa shape index (κ3) is 4.61. The molecular formula is C28H18F2N4. The van der Waals surface area contributed by atoms with Gasteiger partial charge in [0.15, 0.2) is 0 Å². The monoisotopic (exact) mass is 448 g/mol. The molecule has 2 heterocycles. The van der Waals surface area contributed by atoms with Gasteiger partial charge in [-0.2, -0.15) is 0 Å². The minimum absolute atomic E-state index is 0.309. The van der Waals surface area contributed by atoms with E-state index >= 15 is 0 Å². The molecule has 6 heteroatoms. The Hall–Kier alpha value is -4.58. The molecule has 0 aliphatic heterocycles. The Morgan fingerprint density at radius 2 is 0.765 bits per heavy atom. The molecule has 0 fully saturated rings. The molecule has 0 amide bonds. The van der Waals surface area contributed by atoms with Crippen LogP contribution in [0, 0.1) is 11.6 Å². The zero-order valence-electron chi connectivity index (χ0n) is 17.9. The number of rotatable bonds is 2. The van der Waals surface area contributed by atoms with Gasteiger partial charge in [-0.25, -0.2) is 18.7 Å². The zero-order valence-corrected chi connectivity index (χ0v) is 17.9. The van der Waals surface area contributed by atoms with Crippen LogP contribution in [-0.4, -0.2) is 19.9 Å². The quantitative estimate of drug-likeness (QED) is 0.290. The summed E-state index contributed by atoms with van der Waals surface area (Å²) >= 11 is 0. The van der Waals surface area contributed by atoms with E-state index in [0.717, 1.165) is 33.2 Å². The van der Waals surface area contributed by atoms with Gasteiger partial charge < -0.3 is 0 Å². The van der Waals surface area contributed by atoms with Gasteiger partial charge in [-0.15, -0.1) is 0 Å². The van der Waals surface area contributed by atoms with Gasteiger partial charge in [0, 0.05) is 23.5 Å². The maximum absolute atomic E-state index is 13.2. The first kappa shape index (κ1) is 21.3. The topological polar surface area (TPSA) is 51.6 Å². The van der Waals surface area contributed by atoms with Crippen molar-refractivity contribution in [3.63, 3.8) is 0 Å². The Morgan fingerprint density at radius 3 is 1.15 bits per heavy atom. The molecule has 2 aromatic heterocycles. The third-order valence-corrected chi connectivity index (χ3v) is 5.18. The molecule has 0 aliphatic carbocycles. The van der Waals surface area contributed by atoms with Gasteiger partial charge >= 0.3 is 0 Å². The lowest BCUT2D eigenvalue weighted by Gasteiger charge is -2.10. The van der Waals surface area contributed by atoms with E-state index in [9.17, 15) is 8.78 Å². The standard InChI is InChI=1S/C20H12F2N2.C8H6N2/c21-15-9-5-13(6-10-15)19-20(14-7-11-16(22)12-8-14)24-18-4-2-1-3-17(18)23-19;1-2-4-8-7(3-1)9-5-6-10-8/h1-12H;1-6H. The first-order chi connectivity index (χ1) is 16.7. The fraction of sp³-hybridized carbons (Fsp3) is 0. The van der Waals surface area contributed by atoms with Crippen molar-refractivity contribution >= 4 is 22.1 Å². The second kappa shape index (κ2) is 9.50. The van der Waals surface area contributed by atoms with Crippen LogP contribution >= 0.6 is 0 Å². The molecule has 164 valence electrons. The summed E-state index contributed by atoms with van der Waals surface area (Å²) in [6.45, 7) is 0. The maximum Gasteiger partial charge on any atom is 0.123 e. The van der Waals surface area contributed by atoms with Gasteiger partial charge in [0.2, 0.25) is 0 Å². The van der Waals surface area contributed by atoms with Crippen molar-refractivity contribution in [1.82, 2.24) is 19.9 Å². The predicted octanol–water partition coefficient (Wildman–Crippen LogP) is 6.87. The van der Waals surface area contributed by atoms with Gasteiger partial charge in [0.05, 0.1) is 33.5 Å². The Labute approximate surface area is 194 Å². The van der Waals surface area contributed by atoms with E-state index in [4.69, 9.17) is 9.97 Å². The van der Waals surface area contributed by atoms with E-state index in [1.165, 1.54) is 24.3 Å². The minimum atomic E-state index is -0.309. The van der Waals surface area contributed by atoms with Gasteiger partial charge in [0.1, 0.15) is 11.6 Å². The number of para-hydroxylation sites is 4. The molecule has 0 unspecified atom stereocenters. The molecule has 6 aromatic rings. The van der Waals surface area contributed by atoms with E-state index < -0.39 is 0 Å². The van der Waals surface area contributed by atoms with Gasteiger partial charge in [-0.1, -0.05) is 24.3 Å². The molecule has 0 saturated carbocycles. The highest BCUT2D eigenvalue weighted by molar-refractivity contribution is 5.86. The highest BCUT2D eigenvalue weighted by Gasteiger charge is 2.13. The zero-order chi connectivity index (χ0) is 23.3. The van der Waals surface area contributed by atoms with Crippen molar-refractivity contribution in [2.24, 2.45) is 0 Å². The summed E-state index contributed by atoms with van der Waals surface area (Å²) in [4.78, 5) is 17.6. The average molecular weight is 448 g/mol. The lowest BCUT2D eigenvalue weighted by Crippen LogP contribution is -1.95. The lowest BCUT2D eigenvalue weighted by atomic mass is 10.0. The summed E-state index contributed by atoms with van der Waals surface area (Å²) in [6.07, 6.45) is 3.39. The fourth-order valence-corrected chi connectivity index (χ4v) is 3.53. The van der Waals surface area contributed by atoms with Crippen LogP contribution < -0.4 is 0 Å². The molecule has 0 spiro atoms. The van der Waals surface area contributed by atoms with Gasteiger partial charge in [-0.3, -0.25) is 9.97 Å². The van der Waals surface area contributed by atoms with Crippen LogP contribution in [0.1, 0.15) is 0 Å². The molecular weight excluding hydrogens is 430 g/mol. The molecule has 0 atom stereocenters. The smallest absolute Gasteiger partial charge is 0.123 e. The summed E-state index contributed by atoms with van der Waals surface area (Å²) < 4.78 is 26.5. The Bertz CT molecular complexity index is 1420. The van der Waals surface area contributed by atoms with E-state index in [1.54, 1.807) is 36.7 Å². The number of aromatic nitrogens is 4. The van der Waals surface area contributed by atoms with Crippen LogP contribution in [0.5, 0.6) is 0 Å². The third-order valence-electron chi connectivity index (χ3n) is 5.18. The number of halogens is 2. The summed E-state index contributed by atoms with van der Waals surface area (Å²) in [7, 11) is 0. The highest BCUT2D eigenvalue weighted by atomic mass is 19.1. The average Bonchev–Trinajstić information content (AvgIpc) is 2.89. The Morgan fingerprint density at radius 1 is 0.412 bits per heavy atom. The van der Waals surface area contributed by atoms with Gasteiger partial charge in [0.25, 0.3) is 0 Å². The fourth-order valence-electron chi connectivity index (χ4n) is 3.53. The number of benzene rings is 4. The first-order valence-electron chi connectivity index (χ1n) is 10.6. The maximum atomic E-state index is 13.2. The van der Waals surface area contributed by atoms with E-state index in [2.05, 4.69) is 9.97 Å². The van der Waals surface area contributed by atoms with Crippen LogP contribution in [0.15, 0.2) is 109 Å². The lowest BCUT2D eigenvalue weighted by molar-refractivity contribution is 0.627. The number of hydrogen-bond acceptors (Lipinski definition) is 4. The molecule has 0 N–H and O–H groups in total. The Balaban J connectivity index is 0.000000200. The molecule has 0 bridgehead atoms. The summed E-state index contributed by atoms with van der Waals surface area (Å²) in [5.41, 5.74) is 6.20. The van der Waals surface area contributed by atoms with Crippen LogP contribution in [-0.2, 0) is 0 Å². The van der Waals surface area contributed by atoms with Crippen molar-refractivity contribution in [2.45, 2.75) is 0 Å². The van der Waals surface area contributed by atoms with Crippen LogP contribution in [0.4, 0.5) is 8.78 Å². The normalized spacial score (nSPS) is 10.6. The molecule has 4 nitrogen and oxygen atoms in total. The first-order valence-corrected chi connectivity index (χ1v) is 10.6. The molecule has 0 saturated heterocycles. The number of hydrogen-bond donors (Lipinski definition) is 0. The number of nitrogens with zero attached hydrogens (tertiary/aromatic N) is 4. The van der Waals surface area contributed by atoms with Crippen LogP contribution in [0.25, 0.3) is 44.6 Å². The van der Waals surface area contributed by atoms with E-state index in [-0.39, 0.29) is 11.6 Å². The van der Waals surface area contributed by atoms with Crippen LogP contribution in [0.3, 0.4) is 0 Å². The van der Waals surface area contributed by atoms with Crippen molar-refractivity contribution < 1.29 is 8.78 Å².